The summed E-state index contributed by atoms with van der Waals surface area (Å²) in [4.78, 5) is 8.09. The van der Waals surface area contributed by atoms with Gasteiger partial charge < -0.3 is 4.18 Å². The molecule has 0 aliphatic carbocycles. The van der Waals surface area contributed by atoms with Gasteiger partial charge in [0.05, 0.1) is 12.0 Å². The highest BCUT2D eigenvalue weighted by atomic mass is 32.2. The average molecular weight is 140 g/mol. The molecule has 0 bridgehead atoms. The van der Waals surface area contributed by atoms with Crippen molar-refractivity contribution in [3.05, 3.63) is 18.1 Å². The molecule has 2 rings (SSSR count). The van der Waals surface area contributed by atoms with Crippen molar-refractivity contribution in [3.63, 3.8) is 0 Å². The Hall–Kier alpha value is -0.610. The second kappa shape index (κ2) is 1.97. The quantitative estimate of drug-likeness (QED) is 0.504. The summed E-state index contributed by atoms with van der Waals surface area (Å²) in [5.41, 5.74) is 0.947. The first-order chi connectivity index (χ1) is 4.47. The van der Waals surface area contributed by atoms with E-state index in [1.165, 1.54) is 12.0 Å². The second-order valence-corrected chi connectivity index (χ2v) is 2.44. The predicted octanol–water partition coefficient (Wildman–Crippen LogP) is 1.01. The van der Waals surface area contributed by atoms with Crippen molar-refractivity contribution in [2.45, 2.75) is 11.6 Å². The SMILES string of the molecule is c1cnc2c(n1)COS2. The molecule has 0 fully saturated rings. The first kappa shape index (κ1) is 5.20. The highest BCUT2D eigenvalue weighted by Gasteiger charge is 2.13. The van der Waals surface area contributed by atoms with Crippen molar-refractivity contribution >= 4 is 12.0 Å². The molecule has 0 aromatic carbocycles. The smallest absolute Gasteiger partial charge is 0.147 e. The standard InChI is InChI=1S/C5H4N2OS/c1-2-7-5-4(6-1)3-8-9-5/h1-2H,3H2. The fraction of sp³-hybridized carbons (Fsp3) is 0.200. The van der Waals surface area contributed by atoms with E-state index in [1.54, 1.807) is 12.4 Å². The molecule has 0 atom stereocenters. The molecule has 4 heteroatoms. The Morgan fingerprint density at radius 3 is 3.22 bits per heavy atom. The van der Waals surface area contributed by atoms with Gasteiger partial charge in [-0.1, -0.05) is 0 Å². The van der Waals surface area contributed by atoms with E-state index in [0.29, 0.717) is 6.61 Å². The van der Waals surface area contributed by atoms with Gasteiger partial charge in [0.25, 0.3) is 0 Å². The van der Waals surface area contributed by atoms with Gasteiger partial charge in [-0.3, -0.25) is 4.98 Å². The fourth-order valence-corrected chi connectivity index (χ4v) is 1.26. The summed E-state index contributed by atoms with van der Waals surface area (Å²) >= 11 is 1.29. The Labute approximate surface area is 56.7 Å². The van der Waals surface area contributed by atoms with E-state index in [4.69, 9.17) is 4.18 Å². The Kier molecular flexibility index (Phi) is 1.13. The van der Waals surface area contributed by atoms with Gasteiger partial charge >= 0.3 is 0 Å². The molecule has 1 aliphatic rings. The van der Waals surface area contributed by atoms with Crippen LogP contribution in [0.3, 0.4) is 0 Å². The third-order valence-corrected chi connectivity index (χ3v) is 1.80. The second-order valence-electron chi connectivity index (χ2n) is 1.65. The van der Waals surface area contributed by atoms with Crippen LogP contribution in [0.25, 0.3) is 0 Å². The summed E-state index contributed by atoms with van der Waals surface area (Å²) in [6.07, 6.45) is 3.34. The zero-order valence-corrected chi connectivity index (χ0v) is 5.39. The first-order valence-corrected chi connectivity index (χ1v) is 3.30. The topological polar surface area (TPSA) is 35.0 Å². The fourth-order valence-electron chi connectivity index (χ4n) is 0.664. The summed E-state index contributed by atoms with van der Waals surface area (Å²) in [6.45, 7) is 0.591. The maximum Gasteiger partial charge on any atom is 0.147 e. The monoisotopic (exact) mass is 140 g/mol. The zero-order chi connectivity index (χ0) is 6.10. The van der Waals surface area contributed by atoms with Gasteiger partial charge in [0, 0.05) is 12.4 Å². The lowest BCUT2D eigenvalue weighted by Gasteiger charge is -1.87. The number of aromatic nitrogens is 2. The summed E-state index contributed by atoms with van der Waals surface area (Å²) in [5, 5.41) is 0.900. The van der Waals surface area contributed by atoms with Crippen molar-refractivity contribution in [1.82, 2.24) is 9.97 Å². The zero-order valence-electron chi connectivity index (χ0n) is 4.57. The van der Waals surface area contributed by atoms with Crippen molar-refractivity contribution in [2.75, 3.05) is 0 Å². The molecule has 3 nitrogen and oxygen atoms in total. The van der Waals surface area contributed by atoms with E-state index >= 15 is 0 Å². The van der Waals surface area contributed by atoms with Crippen LogP contribution in [0.1, 0.15) is 5.69 Å². The maximum atomic E-state index is 5.01. The van der Waals surface area contributed by atoms with Gasteiger partial charge in [0.15, 0.2) is 0 Å². The van der Waals surface area contributed by atoms with Crippen LogP contribution in [-0.4, -0.2) is 9.97 Å². The molecule has 0 unspecified atom stereocenters. The minimum Gasteiger partial charge on any atom is -0.302 e. The van der Waals surface area contributed by atoms with Gasteiger partial charge in [-0.05, 0) is 0 Å². The van der Waals surface area contributed by atoms with Crippen LogP contribution in [0.15, 0.2) is 17.4 Å². The summed E-state index contributed by atoms with van der Waals surface area (Å²) in [5.74, 6) is 0. The molecule has 0 amide bonds. The molecule has 9 heavy (non-hydrogen) atoms. The first-order valence-electron chi connectivity index (χ1n) is 2.56. The molecule has 0 saturated heterocycles. The molecule has 2 heterocycles. The van der Waals surface area contributed by atoms with Gasteiger partial charge in [-0.25, -0.2) is 4.98 Å². The molecule has 0 saturated carbocycles. The predicted molar refractivity (Wildman–Crippen MR) is 32.7 cm³/mol. The number of hydrogen-bond donors (Lipinski definition) is 0. The van der Waals surface area contributed by atoms with Gasteiger partial charge in [-0.2, -0.15) is 0 Å². The molecule has 1 aliphatic heterocycles. The molecular formula is C5H4N2OS. The minimum absolute atomic E-state index is 0.591. The number of fused-ring (bicyclic) bond motifs is 1. The minimum atomic E-state index is 0.591. The van der Waals surface area contributed by atoms with E-state index in [0.717, 1.165) is 10.7 Å². The molecule has 1 aromatic heterocycles. The van der Waals surface area contributed by atoms with Crippen molar-refractivity contribution in [2.24, 2.45) is 0 Å². The third-order valence-electron chi connectivity index (χ3n) is 1.07. The molecule has 1 aromatic rings. The van der Waals surface area contributed by atoms with Crippen LogP contribution in [0, 0.1) is 0 Å². The van der Waals surface area contributed by atoms with Crippen molar-refractivity contribution in [1.29, 1.82) is 0 Å². The van der Waals surface area contributed by atoms with Crippen LogP contribution in [0.2, 0.25) is 0 Å². The Bertz CT molecular complexity index is 205. The van der Waals surface area contributed by atoms with Crippen molar-refractivity contribution < 1.29 is 4.18 Å². The summed E-state index contributed by atoms with van der Waals surface area (Å²) in [6, 6.07) is 0. The van der Waals surface area contributed by atoms with Gasteiger partial charge in [0.2, 0.25) is 0 Å². The highest BCUT2D eigenvalue weighted by Crippen LogP contribution is 2.27. The lowest BCUT2D eigenvalue weighted by atomic mass is 10.5. The molecular weight excluding hydrogens is 136 g/mol. The lowest BCUT2D eigenvalue weighted by molar-refractivity contribution is 0.373. The third kappa shape index (κ3) is 0.799. The molecule has 0 radical (unpaired) electrons. The van der Waals surface area contributed by atoms with Crippen LogP contribution in [0.4, 0.5) is 0 Å². The Balaban J connectivity index is 2.54. The largest absolute Gasteiger partial charge is 0.302 e. The van der Waals surface area contributed by atoms with E-state index in [9.17, 15) is 0 Å². The number of hydrogen-bond acceptors (Lipinski definition) is 4. The summed E-state index contributed by atoms with van der Waals surface area (Å²) < 4.78 is 5.01. The van der Waals surface area contributed by atoms with E-state index in [2.05, 4.69) is 9.97 Å². The van der Waals surface area contributed by atoms with Crippen LogP contribution in [-0.2, 0) is 10.8 Å². The van der Waals surface area contributed by atoms with Gasteiger partial charge in [0.1, 0.15) is 17.3 Å². The van der Waals surface area contributed by atoms with E-state index in [1.807, 2.05) is 0 Å². The Morgan fingerprint density at radius 2 is 2.33 bits per heavy atom. The van der Waals surface area contributed by atoms with Crippen molar-refractivity contribution in [3.8, 4) is 0 Å². The Morgan fingerprint density at radius 1 is 1.44 bits per heavy atom. The van der Waals surface area contributed by atoms with E-state index < -0.39 is 0 Å². The summed E-state index contributed by atoms with van der Waals surface area (Å²) in [7, 11) is 0. The molecule has 46 valence electrons. The lowest BCUT2D eigenvalue weighted by Crippen LogP contribution is -1.86. The molecule has 0 spiro atoms. The number of nitrogens with zero attached hydrogens (tertiary/aromatic N) is 2. The van der Waals surface area contributed by atoms with Gasteiger partial charge in [-0.15, -0.1) is 0 Å². The van der Waals surface area contributed by atoms with E-state index in [-0.39, 0.29) is 0 Å². The average Bonchev–Trinajstić information content (AvgIpc) is 2.33. The maximum absolute atomic E-state index is 5.01. The van der Waals surface area contributed by atoms with Crippen LogP contribution >= 0.6 is 12.0 Å². The highest BCUT2D eigenvalue weighted by molar-refractivity contribution is 7.94. The van der Waals surface area contributed by atoms with Crippen LogP contribution in [0.5, 0.6) is 0 Å². The molecule has 0 N–H and O–H groups in total. The normalized spacial score (nSPS) is 15.6. The number of rotatable bonds is 0. The van der Waals surface area contributed by atoms with Crippen LogP contribution < -0.4 is 0 Å².